The summed E-state index contributed by atoms with van der Waals surface area (Å²) in [5.74, 6) is 1.50. The van der Waals surface area contributed by atoms with Gasteiger partial charge in [-0.25, -0.2) is 0 Å². The highest BCUT2D eigenvalue weighted by molar-refractivity contribution is 5.35. The van der Waals surface area contributed by atoms with Crippen molar-refractivity contribution in [3.8, 4) is 5.75 Å². The summed E-state index contributed by atoms with van der Waals surface area (Å²) >= 11 is 0. The first-order valence-corrected chi connectivity index (χ1v) is 8.33. The molecule has 1 saturated heterocycles. The molecular weight excluding hydrogens is 262 g/mol. The highest BCUT2D eigenvalue weighted by Crippen LogP contribution is 2.27. The third kappa shape index (κ3) is 4.21. The Balaban J connectivity index is 1.45. The lowest BCUT2D eigenvalue weighted by Crippen LogP contribution is -2.29. The van der Waals surface area contributed by atoms with Gasteiger partial charge in [0.2, 0.25) is 0 Å². The van der Waals surface area contributed by atoms with Crippen LogP contribution in [0.25, 0.3) is 0 Å². The van der Waals surface area contributed by atoms with Crippen molar-refractivity contribution in [3.05, 3.63) is 29.8 Å². The lowest BCUT2D eigenvalue weighted by molar-refractivity contribution is 0.0182. The van der Waals surface area contributed by atoms with Gasteiger partial charge in [0.05, 0.1) is 12.2 Å². The molecule has 1 aromatic carbocycles. The van der Waals surface area contributed by atoms with Crippen molar-refractivity contribution in [3.63, 3.8) is 0 Å². The fourth-order valence-electron chi connectivity index (χ4n) is 2.91. The molecule has 116 valence electrons. The van der Waals surface area contributed by atoms with Crippen molar-refractivity contribution < 1.29 is 9.47 Å². The Kier molecular flexibility index (Phi) is 4.81. The number of nitrogens with one attached hydrogen (secondary N) is 1. The van der Waals surface area contributed by atoms with E-state index in [2.05, 4.69) is 37.4 Å². The van der Waals surface area contributed by atoms with Gasteiger partial charge in [0, 0.05) is 12.6 Å². The van der Waals surface area contributed by atoms with Gasteiger partial charge in [-0.05, 0) is 43.2 Å². The number of ether oxygens (including phenoxy) is 2. The second-order valence-corrected chi connectivity index (χ2v) is 6.64. The number of rotatable bonds is 7. The quantitative estimate of drug-likeness (QED) is 0.833. The van der Waals surface area contributed by atoms with Crippen LogP contribution in [0.4, 0.5) is 0 Å². The van der Waals surface area contributed by atoms with E-state index in [0.717, 1.165) is 31.2 Å². The summed E-state index contributed by atoms with van der Waals surface area (Å²) in [5, 5.41) is 3.55. The van der Waals surface area contributed by atoms with Gasteiger partial charge in [0.15, 0.2) is 0 Å². The van der Waals surface area contributed by atoms with E-state index in [9.17, 15) is 0 Å². The Hall–Kier alpha value is -1.06. The molecule has 3 nitrogen and oxygen atoms in total. The van der Waals surface area contributed by atoms with Crippen molar-refractivity contribution in [2.24, 2.45) is 0 Å². The van der Waals surface area contributed by atoms with Crippen LogP contribution in [0.1, 0.15) is 51.0 Å². The van der Waals surface area contributed by atoms with Gasteiger partial charge in [-0.3, -0.25) is 0 Å². The monoisotopic (exact) mass is 289 g/mol. The molecule has 21 heavy (non-hydrogen) atoms. The van der Waals surface area contributed by atoms with Gasteiger partial charge in [-0.15, -0.1) is 0 Å². The highest BCUT2D eigenvalue weighted by atomic mass is 16.5. The molecule has 0 radical (unpaired) electrons. The molecule has 3 heteroatoms. The second-order valence-electron chi connectivity index (χ2n) is 6.64. The molecule has 2 unspecified atom stereocenters. The lowest BCUT2D eigenvalue weighted by atomic mass is 10.0. The van der Waals surface area contributed by atoms with Crippen LogP contribution in [0.2, 0.25) is 0 Å². The van der Waals surface area contributed by atoms with Crippen LogP contribution < -0.4 is 10.1 Å². The van der Waals surface area contributed by atoms with E-state index in [1.807, 2.05) is 6.07 Å². The van der Waals surface area contributed by atoms with Crippen LogP contribution in [0.3, 0.4) is 0 Å². The summed E-state index contributed by atoms with van der Waals surface area (Å²) in [6.07, 6.45) is 5.56. The summed E-state index contributed by atoms with van der Waals surface area (Å²) in [5.41, 5.74) is 1.28. The van der Waals surface area contributed by atoms with Crippen molar-refractivity contribution in [1.29, 1.82) is 0 Å². The minimum absolute atomic E-state index is 0.247. The third-order valence-electron chi connectivity index (χ3n) is 4.37. The highest BCUT2D eigenvalue weighted by Gasteiger charge is 2.28. The van der Waals surface area contributed by atoms with Gasteiger partial charge < -0.3 is 14.8 Å². The average Bonchev–Trinajstić information content (AvgIpc) is 3.21. The Morgan fingerprint density at radius 3 is 2.67 bits per heavy atom. The summed E-state index contributed by atoms with van der Waals surface area (Å²) in [4.78, 5) is 0. The molecule has 2 fully saturated rings. The number of benzene rings is 1. The van der Waals surface area contributed by atoms with Crippen LogP contribution in [-0.2, 0) is 4.74 Å². The van der Waals surface area contributed by atoms with Crippen LogP contribution in [0.15, 0.2) is 24.3 Å². The first kappa shape index (κ1) is 14.9. The maximum atomic E-state index is 6.07. The average molecular weight is 289 g/mol. The number of hydrogen-bond acceptors (Lipinski definition) is 3. The van der Waals surface area contributed by atoms with Crippen molar-refractivity contribution in [1.82, 2.24) is 5.32 Å². The minimum Gasteiger partial charge on any atom is -0.491 e. The van der Waals surface area contributed by atoms with E-state index >= 15 is 0 Å². The molecule has 0 spiro atoms. The van der Waals surface area contributed by atoms with E-state index in [1.54, 1.807) is 0 Å². The fraction of sp³-hybridized carbons (Fsp3) is 0.667. The summed E-state index contributed by atoms with van der Waals surface area (Å²) in [7, 11) is 0. The number of hydrogen-bond donors (Lipinski definition) is 1. The topological polar surface area (TPSA) is 30.5 Å². The van der Waals surface area contributed by atoms with Gasteiger partial charge in [0.25, 0.3) is 0 Å². The van der Waals surface area contributed by atoms with Crippen LogP contribution >= 0.6 is 0 Å². The first-order valence-electron chi connectivity index (χ1n) is 8.33. The van der Waals surface area contributed by atoms with Crippen molar-refractivity contribution in [2.45, 2.75) is 63.7 Å². The standard InChI is InChI=1S/C18H27NO2/c1-13(2)17-5-3-4-6-18(17)20-12-16-10-9-15(21-16)11-19-14-7-8-14/h3-6,13-16,19H,7-12H2,1-2H3. The van der Waals surface area contributed by atoms with Crippen LogP contribution in [-0.4, -0.2) is 31.4 Å². The van der Waals surface area contributed by atoms with E-state index in [0.29, 0.717) is 18.6 Å². The van der Waals surface area contributed by atoms with Gasteiger partial charge in [0.1, 0.15) is 12.4 Å². The fourth-order valence-corrected chi connectivity index (χ4v) is 2.91. The molecule has 1 aromatic rings. The molecule has 2 aliphatic rings. The third-order valence-corrected chi connectivity index (χ3v) is 4.37. The summed E-state index contributed by atoms with van der Waals surface area (Å²) < 4.78 is 12.1. The van der Waals surface area contributed by atoms with Crippen LogP contribution in [0, 0.1) is 0 Å². The smallest absolute Gasteiger partial charge is 0.122 e. The summed E-state index contributed by atoms with van der Waals surface area (Å²) in [6.45, 7) is 6.08. The molecule has 1 aliphatic heterocycles. The Morgan fingerprint density at radius 2 is 1.90 bits per heavy atom. The second kappa shape index (κ2) is 6.80. The Labute approximate surface area is 128 Å². The maximum Gasteiger partial charge on any atom is 0.122 e. The zero-order chi connectivity index (χ0) is 14.7. The van der Waals surface area contributed by atoms with E-state index in [1.165, 1.54) is 18.4 Å². The SMILES string of the molecule is CC(C)c1ccccc1OCC1CCC(CNC2CC2)O1. The van der Waals surface area contributed by atoms with Crippen molar-refractivity contribution in [2.75, 3.05) is 13.2 Å². The molecule has 1 saturated carbocycles. The summed E-state index contributed by atoms with van der Waals surface area (Å²) in [6, 6.07) is 9.10. The molecule has 3 rings (SSSR count). The normalized spacial score (nSPS) is 25.5. The largest absolute Gasteiger partial charge is 0.491 e. The number of para-hydroxylation sites is 1. The van der Waals surface area contributed by atoms with Gasteiger partial charge in [-0.2, -0.15) is 0 Å². The maximum absolute atomic E-state index is 6.07. The molecule has 1 heterocycles. The predicted octanol–water partition coefficient (Wildman–Crippen LogP) is 3.49. The van der Waals surface area contributed by atoms with Gasteiger partial charge in [-0.1, -0.05) is 32.0 Å². The lowest BCUT2D eigenvalue weighted by Gasteiger charge is -2.17. The predicted molar refractivity (Wildman–Crippen MR) is 84.9 cm³/mol. The zero-order valence-corrected chi connectivity index (χ0v) is 13.2. The van der Waals surface area contributed by atoms with Crippen molar-refractivity contribution >= 4 is 0 Å². The van der Waals surface area contributed by atoms with E-state index in [-0.39, 0.29) is 6.10 Å². The first-order chi connectivity index (χ1) is 10.2. The Morgan fingerprint density at radius 1 is 1.14 bits per heavy atom. The molecular formula is C18H27NO2. The molecule has 0 aromatic heterocycles. The minimum atomic E-state index is 0.247. The van der Waals surface area contributed by atoms with E-state index < -0.39 is 0 Å². The van der Waals surface area contributed by atoms with E-state index in [4.69, 9.17) is 9.47 Å². The molecule has 0 amide bonds. The van der Waals surface area contributed by atoms with Crippen LogP contribution in [0.5, 0.6) is 5.75 Å². The zero-order valence-electron chi connectivity index (χ0n) is 13.2. The van der Waals surface area contributed by atoms with Gasteiger partial charge >= 0.3 is 0 Å². The molecule has 0 bridgehead atoms. The molecule has 1 N–H and O–H groups in total. The Bertz CT molecular complexity index is 456. The molecule has 1 aliphatic carbocycles. The molecule has 2 atom stereocenters.